The third kappa shape index (κ3) is 5.46. The van der Waals surface area contributed by atoms with Gasteiger partial charge in [0.05, 0.1) is 0 Å². The second-order valence-corrected chi connectivity index (χ2v) is 6.10. The smallest absolute Gasteiger partial charge is 0.0285 e. The number of thiophene rings is 1. The molecule has 0 bridgehead atoms. The molecule has 0 radical (unpaired) electrons. The zero-order valence-electron chi connectivity index (χ0n) is 10.3. The van der Waals surface area contributed by atoms with Gasteiger partial charge in [0, 0.05) is 20.8 Å². The van der Waals surface area contributed by atoms with Crippen LogP contribution in [0.1, 0.15) is 44.4 Å². The molecule has 0 aromatic carbocycles. The third-order valence-electron chi connectivity index (χ3n) is 2.72. The Balaban J connectivity index is 2.37. The van der Waals surface area contributed by atoms with Crippen LogP contribution in [0.5, 0.6) is 0 Å². The summed E-state index contributed by atoms with van der Waals surface area (Å²) in [6.07, 6.45) is 6.49. The van der Waals surface area contributed by atoms with Gasteiger partial charge in [-0.2, -0.15) is 0 Å². The molecule has 1 aromatic rings. The van der Waals surface area contributed by atoms with Crippen LogP contribution in [-0.4, -0.2) is 12.6 Å². The fourth-order valence-electron chi connectivity index (χ4n) is 1.91. The van der Waals surface area contributed by atoms with Gasteiger partial charge >= 0.3 is 0 Å². The van der Waals surface area contributed by atoms with E-state index in [-0.39, 0.29) is 0 Å². The maximum atomic E-state index is 3.59. The zero-order valence-corrected chi connectivity index (χ0v) is 12.7. The molecule has 0 aliphatic heterocycles. The average Bonchev–Trinajstić information content (AvgIpc) is 2.65. The Morgan fingerprint density at radius 2 is 2.19 bits per heavy atom. The highest BCUT2D eigenvalue weighted by atomic mass is 79.9. The number of hydrogen-bond donors (Lipinski definition) is 1. The van der Waals surface area contributed by atoms with Crippen molar-refractivity contribution in [3.8, 4) is 0 Å². The predicted molar refractivity (Wildman–Crippen MR) is 77.3 cm³/mol. The van der Waals surface area contributed by atoms with Crippen molar-refractivity contribution in [2.45, 2.75) is 52.0 Å². The number of hydrogen-bond acceptors (Lipinski definition) is 2. The van der Waals surface area contributed by atoms with E-state index in [1.54, 1.807) is 0 Å². The minimum absolute atomic E-state index is 0.655. The molecule has 16 heavy (non-hydrogen) atoms. The number of rotatable bonds is 8. The summed E-state index contributed by atoms with van der Waals surface area (Å²) < 4.78 is 1.22. The summed E-state index contributed by atoms with van der Waals surface area (Å²) in [4.78, 5) is 1.48. The monoisotopic (exact) mass is 303 g/mol. The van der Waals surface area contributed by atoms with E-state index in [1.807, 2.05) is 11.3 Å². The van der Waals surface area contributed by atoms with Crippen LogP contribution in [0.25, 0.3) is 0 Å². The van der Waals surface area contributed by atoms with Gasteiger partial charge in [-0.05, 0) is 41.4 Å². The third-order valence-corrected chi connectivity index (χ3v) is 4.44. The quantitative estimate of drug-likeness (QED) is 0.691. The van der Waals surface area contributed by atoms with E-state index in [1.165, 1.54) is 41.5 Å². The van der Waals surface area contributed by atoms with Gasteiger partial charge in [0.2, 0.25) is 0 Å². The van der Waals surface area contributed by atoms with Gasteiger partial charge in [0.1, 0.15) is 0 Å². The molecule has 92 valence electrons. The van der Waals surface area contributed by atoms with E-state index in [2.05, 4.69) is 46.5 Å². The Kier molecular flexibility index (Phi) is 7.33. The molecule has 1 aromatic heterocycles. The first-order valence-electron chi connectivity index (χ1n) is 6.22. The number of nitrogens with one attached hydrogen (secondary N) is 1. The molecule has 1 N–H and O–H groups in total. The molecule has 0 saturated heterocycles. The average molecular weight is 304 g/mol. The second kappa shape index (κ2) is 8.26. The molecule has 1 heterocycles. The molecule has 1 unspecified atom stereocenters. The van der Waals surface area contributed by atoms with Crippen LogP contribution in [0.15, 0.2) is 15.9 Å². The summed E-state index contributed by atoms with van der Waals surface area (Å²) in [6.45, 7) is 5.53. The second-order valence-electron chi connectivity index (χ2n) is 4.19. The predicted octanol–water partition coefficient (Wildman–Crippen LogP) is 4.61. The summed E-state index contributed by atoms with van der Waals surface area (Å²) in [7, 11) is 0. The van der Waals surface area contributed by atoms with Gasteiger partial charge in [-0.25, -0.2) is 0 Å². The van der Waals surface area contributed by atoms with Gasteiger partial charge in [0.15, 0.2) is 0 Å². The molecule has 3 heteroatoms. The van der Waals surface area contributed by atoms with E-state index in [9.17, 15) is 0 Å². The molecule has 1 nitrogen and oxygen atoms in total. The molecule has 1 atom stereocenters. The molecule has 0 amide bonds. The Labute approximate surface area is 112 Å². The lowest BCUT2D eigenvalue weighted by Gasteiger charge is -2.16. The Morgan fingerprint density at radius 3 is 2.75 bits per heavy atom. The summed E-state index contributed by atoms with van der Waals surface area (Å²) in [5.74, 6) is 0. The van der Waals surface area contributed by atoms with Crippen molar-refractivity contribution in [3.05, 3.63) is 20.8 Å². The summed E-state index contributed by atoms with van der Waals surface area (Å²) in [5, 5.41) is 5.76. The highest BCUT2D eigenvalue weighted by Crippen LogP contribution is 2.22. The fraction of sp³-hybridized carbons (Fsp3) is 0.692. The van der Waals surface area contributed by atoms with Crippen molar-refractivity contribution in [3.63, 3.8) is 0 Å². The lowest BCUT2D eigenvalue weighted by atomic mass is 10.0. The molecule has 0 aliphatic carbocycles. The van der Waals surface area contributed by atoms with Crippen molar-refractivity contribution < 1.29 is 0 Å². The minimum Gasteiger partial charge on any atom is -0.314 e. The highest BCUT2D eigenvalue weighted by Gasteiger charge is 2.09. The van der Waals surface area contributed by atoms with Crippen molar-refractivity contribution in [2.24, 2.45) is 0 Å². The Morgan fingerprint density at radius 1 is 1.38 bits per heavy atom. The van der Waals surface area contributed by atoms with Crippen molar-refractivity contribution in [1.82, 2.24) is 5.32 Å². The van der Waals surface area contributed by atoms with Gasteiger partial charge in [-0.3, -0.25) is 0 Å². The minimum atomic E-state index is 0.655. The Bertz CT molecular complexity index is 285. The van der Waals surface area contributed by atoms with Gasteiger partial charge in [-0.1, -0.05) is 33.1 Å². The van der Waals surface area contributed by atoms with Crippen LogP contribution in [0, 0.1) is 0 Å². The SMILES string of the molecule is CCCCCC(Cc1cc(Br)cs1)NCC. The molecule has 0 aliphatic rings. The van der Waals surface area contributed by atoms with Crippen LogP contribution in [0.4, 0.5) is 0 Å². The largest absolute Gasteiger partial charge is 0.314 e. The zero-order chi connectivity index (χ0) is 11.8. The topological polar surface area (TPSA) is 12.0 Å². The fourth-order valence-corrected chi connectivity index (χ4v) is 3.44. The van der Waals surface area contributed by atoms with Crippen molar-refractivity contribution in [2.75, 3.05) is 6.54 Å². The van der Waals surface area contributed by atoms with Gasteiger partial charge < -0.3 is 5.32 Å². The molecule has 0 spiro atoms. The molecule has 0 saturated carbocycles. The first kappa shape index (κ1) is 14.2. The van der Waals surface area contributed by atoms with Crippen LogP contribution in [0.3, 0.4) is 0 Å². The van der Waals surface area contributed by atoms with Gasteiger partial charge in [-0.15, -0.1) is 11.3 Å². The highest BCUT2D eigenvalue weighted by molar-refractivity contribution is 9.10. The number of unbranched alkanes of at least 4 members (excludes halogenated alkanes) is 2. The van der Waals surface area contributed by atoms with E-state index in [0.29, 0.717) is 6.04 Å². The normalized spacial score (nSPS) is 12.9. The van der Waals surface area contributed by atoms with E-state index in [4.69, 9.17) is 0 Å². The lowest BCUT2D eigenvalue weighted by molar-refractivity contribution is 0.469. The van der Waals surface area contributed by atoms with Crippen molar-refractivity contribution in [1.29, 1.82) is 0 Å². The van der Waals surface area contributed by atoms with Crippen LogP contribution < -0.4 is 5.32 Å². The van der Waals surface area contributed by atoms with E-state index < -0.39 is 0 Å². The summed E-state index contributed by atoms with van der Waals surface area (Å²) in [6, 6.07) is 2.90. The van der Waals surface area contributed by atoms with E-state index in [0.717, 1.165) is 6.54 Å². The maximum Gasteiger partial charge on any atom is 0.0285 e. The van der Waals surface area contributed by atoms with Crippen LogP contribution in [0.2, 0.25) is 0 Å². The van der Waals surface area contributed by atoms with Crippen LogP contribution in [-0.2, 0) is 6.42 Å². The Hall–Kier alpha value is 0.140. The molecular formula is C13H22BrNS. The number of halogens is 1. The number of likely N-dealkylation sites (N-methyl/N-ethyl adjacent to an activating group) is 1. The maximum absolute atomic E-state index is 3.59. The summed E-state index contributed by atoms with van der Waals surface area (Å²) in [5.41, 5.74) is 0. The molecular weight excluding hydrogens is 282 g/mol. The first-order chi connectivity index (χ1) is 7.76. The van der Waals surface area contributed by atoms with Crippen molar-refractivity contribution >= 4 is 27.3 Å². The van der Waals surface area contributed by atoms with E-state index >= 15 is 0 Å². The molecule has 0 fully saturated rings. The standard InChI is InChI=1S/C13H22BrNS/c1-3-5-6-7-12(15-4-2)9-13-8-11(14)10-16-13/h8,10,12,15H,3-7,9H2,1-2H3. The van der Waals surface area contributed by atoms with Gasteiger partial charge in [0.25, 0.3) is 0 Å². The first-order valence-corrected chi connectivity index (χ1v) is 7.89. The lowest BCUT2D eigenvalue weighted by Crippen LogP contribution is -2.30. The molecule has 1 rings (SSSR count). The van der Waals surface area contributed by atoms with Crippen LogP contribution >= 0.6 is 27.3 Å². The summed E-state index contributed by atoms with van der Waals surface area (Å²) >= 11 is 5.37.